The van der Waals surface area contributed by atoms with Crippen LogP contribution in [0.15, 0.2) is 30.0 Å². The van der Waals surface area contributed by atoms with Gasteiger partial charge in [-0.1, -0.05) is 18.2 Å². The Morgan fingerprint density at radius 1 is 1.40 bits per heavy atom. The molecule has 1 aromatic rings. The van der Waals surface area contributed by atoms with E-state index in [4.69, 9.17) is 0 Å². The van der Waals surface area contributed by atoms with Crippen molar-refractivity contribution in [3.63, 3.8) is 0 Å². The summed E-state index contributed by atoms with van der Waals surface area (Å²) in [7, 11) is 0. The maximum atomic E-state index is 12.2. The molecule has 0 saturated carbocycles. The minimum Gasteiger partial charge on any atom is -0.477 e. The lowest BCUT2D eigenvalue weighted by atomic mass is 9.82. The van der Waals surface area contributed by atoms with Crippen LogP contribution in [0.5, 0.6) is 0 Å². The Kier molecular flexibility index (Phi) is 4.34. The van der Waals surface area contributed by atoms with Crippen LogP contribution >= 0.6 is 0 Å². The van der Waals surface area contributed by atoms with Crippen LogP contribution < -0.4 is 5.32 Å². The molecule has 0 aliphatic carbocycles. The number of nitrogens with one attached hydrogen (secondary N) is 1. The quantitative estimate of drug-likeness (QED) is 0.683. The number of carbonyl (C=O) groups is 3. The summed E-state index contributed by atoms with van der Waals surface area (Å²) in [4.78, 5) is 36.3. The zero-order chi connectivity index (χ0) is 18.3. The third kappa shape index (κ3) is 2.91. The summed E-state index contributed by atoms with van der Waals surface area (Å²) in [6.07, 6.45) is -0.416. The zero-order valence-electron chi connectivity index (χ0n) is 14.0. The van der Waals surface area contributed by atoms with Crippen molar-refractivity contribution >= 4 is 23.4 Å². The molecule has 2 amide bonds. The van der Waals surface area contributed by atoms with E-state index in [0.717, 1.165) is 5.56 Å². The largest absolute Gasteiger partial charge is 0.477 e. The molecule has 7 heteroatoms. The molecule has 0 unspecified atom stereocenters. The van der Waals surface area contributed by atoms with Gasteiger partial charge in [0.2, 0.25) is 11.8 Å². The Morgan fingerprint density at radius 2 is 2.12 bits per heavy atom. The number of amides is 2. The zero-order valence-corrected chi connectivity index (χ0v) is 14.0. The van der Waals surface area contributed by atoms with Crippen LogP contribution in [0.3, 0.4) is 0 Å². The summed E-state index contributed by atoms with van der Waals surface area (Å²) in [5.74, 6) is -2.20. The minimum atomic E-state index is -1.15. The highest BCUT2D eigenvalue weighted by Crippen LogP contribution is 2.46. The van der Waals surface area contributed by atoms with Gasteiger partial charge in [-0.25, -0.2) is 4.79 Å². The number of benzene rings is 1. The van der Waals surface area contributed by atoms with Gasteiger partial charge in [0, 0.05) is 13.5 Å². The number of aliphatic hydroxyl groups excluding tert-OH is 1. The maximum absolute atomic E-state index is 12.2. The predicted octanol–water partition coefficient (Wildman–Crippen LogP) is 0.730. The fraction of sp³-hybridized carbons (Fsp3) is 0.389. The second-order valence-electron chi connectivity index (χ2n) is 6.49. The first kappa shape index (κ1) is 17.2. The predicted molar refractivity (Wildman–Crippen MR) is 88.9 cm³/mol. The Balaban J connectivity index is 1.94. The molecular weight excluding hydrogens is 324 g/mol. The molecule has 2 heterocycles. The van der Waals surface area contributed by atoms with Crippen molar-refractivity contribution in [1.29, 1.82) is 0 Å². The molecule has 7 nitrogen and oxygen atoms in total. The number of carbonyl (C=O) groups excluding carboxylic acids is 2. The number of rotatable bonds is 5. The van der Waals surface area contributed by atoms with Crippen LogP contribution in [0.4, 0.5) is 0 Å². The minimum absolute atomic E-state index is 0.0106. The van der Waals surface area contributed by atoms with E-state index in [2.05, 4.69) is 5.32 Å². The van der Waals surface area contributed by atoms with Gasteiger partial charge in [0.05, 0.1) is 18.1 Å². The first-order valence-electron chi connectivity index (χ1n) is 8.12. The van der Waals surface area contributed by atoms with Crippen LogP contribution in [-0.2, 0) is 20.9 Å². The molecule has 1 saturated heterocycles. The number of carboxylic acids is 1. The van der Waals surface area contributed by atoms with E-state index in [1.165, 1.54) is 11.8 Å². The smallest absolute Gasteiger partial charge is 0.352 e. The van der Waals surface area contributed by atoms with Crippen molar-refractivity contribution < 1.29 is 24.6 Å². The van der Waals surface area contributed by atoms with Crippen molar-refractivity contribution in [2.45, 2.75) is 39.0 Å². The van der Waals surface area contributed by atoms with Crippen molar-refractivity contribution in [2.24, 2.45) is 5.92 Å². The first-order chi connectivity index (χ1) is 11.8. The molecule has 3 rings (SSSR count). The Labute approximate surface area is 144 Å². The SMILES string of the molecule is CC(=O)NCc1cccc(C2=C(C(=O)O)N3C(=O)[C@H]([C@@H](C)O)[C@H]3C2)c1. The number of fused-ring (bicyclic) bond motifs is 1. The number of β-lactam (4-membered cyclic amide) rings is 1. The molecule has 1 aromatic carbocycles. The van der Waals surface area contributed by atoms with E-state index in [9.17, 15) is 24.6 Å². The summed E-state index contributed by atoms with van der Waals surface area (Å²) < 4.78 is 0. The van der Waals surface area contributed by atoms with E-state index < -0.39 is 18.0 Å². The lowest BCUT2D eigenvalue weighted by Crippen LogP contribution is -2.61. The molecule has 0 bridgehead atoms. The van der Waals surface area contributed by atoms with E-state index in [1.54, 1.807) is 19.1 Å². The van der Waals surface area contributed by atoms with E-state index >= 15 is 0 Å². The monoisotopic (exact) mass is 344 g/mol. The standard InChI is InChI=1S/C18H20N2O5/c1-9(21)15-14-7-13(16(18(24)25)20(14)17(15)23)12-5-3-4-11(6-12)8-19-10(2)22/h3-6,9,14-15,21H,7-8H2,1-2H3,(H,19,22)(H,24,25)/t9-,14-,15-/m1/s1. The van der Waals surface area contributed by atoms with Gasteiger partial charge in [0.1, 0.15) is 5.70 Å². The molecule has 25 heavy (non-hydrogen) atoms. The number of hydrogen-bond donors (Lipinski definition) is 3. The van der Waals surface area contributed by atoms with E-state index in [-0.39, 0.29) is 23.6 Å². The summed E-state index contributed by atoms with van der Waals surface area (Å²) >= 11 is 0. The Morgan fingerprint density at radius 3 is 2.72 bits per heavy atom. The lowest BCUT2D eigenvalue weighted by molar-refractivity contribution is -0.161. The molecule has 2 aliphatic heterocycles. The van der Waals surface area contributed by atoms with E-state index in [0.29, 0.717) is 24.1 Å². The number of hydrogen-bond acceptors (Lipinski definition) is 4. The van der Waals surface area contributed by atoms with Crippen LogP contribution in [0.1, 0.15) is 31.4 Å². The molecule has 1 fully saturated rings. The van der Waals surface area contributed by atoms with Crippen LogP contribution in [-0.4, -0.2) is 45.0 Å². The Bertz CT molecular complexity index is 783. The van der Waals surface area contributed by atoms with Gasteiger partial charge in [-0.05, 0) is 36.1 Å². The van der Waals surface area contributed by atoms with Crippen molar-refractivity contribution in [1.82, 2.24) is 10.2 Å². The highest BCUT2D eigenvalue weighted by atomic mass is 16.4. The summed E-state index contributed by atoms with van der Waals surface area (Å²) in [6, 6.07) is 6.94. The van der Waals surface area contributed by atoms with Crippen LogP contribution in [0.25, 0.3) is 5.57 Å². The second kappa shape index (κ2) is 6.33. The molecule has 132 valence electrons. The number of carboxylic acid groups (broad SMARTS) is 1. The number of nitrogens with zero attached hydrogens (tertiary/aromatic N) is 1. The topological polar surface area (TPSA) is 107 Å². The van der Waals surface area contributed by atoms with Crippen molar-refractivity contribution in [2.75, 3.05) is 0 Å². The van der Waals surface area contributed by atoms with Gasteiger partial charge in [0.25, 0.3) is 0 Å². The average molecular weight is 344 g/mol. The van der Waals surface area contributed by atoms with Crippen LogP contribution in [0.2, 0.25) is 0 Å². The van der Waals surface area contributed by atoms with Gasteiger partial charge < -0.3 is 20.4 Å². The molecule has 3 atom stereocenters. The molecule has 3 N–H and O–H groups in total. The van der Waals surface area contributed by atoms with Crippen LogP contribution in [0, 0.1) is 5.92 Å². The number of aliphatic carboxylic acids is 1. The van der Waals surface area contributed by atoms with Gasteiger partial charge >= 0.3 is 5.97 Å². The van der Waals surface area contributed by atoms with Crippen molar-refractivity contribution in [3.8, 4) is 0 Å². The first-order valence-corrected chi connectivity index (χ1v) is 8.12. The molecular formula is C18H20N2O5. The lowest BCUT2D eigenvalue weighted by Gasteiger charge is -2.44. The highest BCUT2D eigenvalue weighted by molar-refractivity contribution is 6.06. The summed E-state index contributed by atoms with van der Waals surface area (Å²) in [5.41, 5.74) is 2.13. The summed E-state index contributed by atoms with van der Waals surface area (Å²) in [6.45, 7) is 3.33. The molecule has 2 aliphatic rings. The fourth-order valence-electron chi connectivity index (χ4n) is 3.62. The average Bonchev–Trinajstić information content (AvgIpc) is 2.88. The van der Waals surface area contributed by atoms with Crippen molar-refractivity contribution in [3.05, 3.63) is 41.1 Å². The fourth-order valence-corrected chi connectivity index (χ4v) is 3.62. The Hall–Kier alpha value is -2.67. The molecule has 0 aromatic heterocycles. The summed E-state index contributed by atoms with van der Waals surface area (Å²) in [5, 5.41) is 22.1. The van der Waals surface area contributed by atoms with Gasteiger partial charge in [-0.2, -0.15) is 0 Å². The molecule has 0 radical (unpaired) electrons. The molecule has 0 spiro atoms. The second-order valence-corrected chi connectivity index (χ2v) is 6.49. The third-order valence-corrected chi connectivity index (χ3v) is 4.75. The third-order valence-electron chi connectivity index (χ3n) is 4.75. The van der Waals surface area contributed by atoms with Gasteiger partial charge in [0.15, 0.2) is 0 Å². The highest BCUT2D eigenvalue weighted by Gasteiger charge is 2.56. The van der Waals surface area contributed by atoms with E-state index in [1.807, 2.05) is 12.1 Å². The number of aliphatic hydroxyl groups is 1. The maximum Gasteiger partial charge on any atom is 0.352 e. The normalized spacial score (nSPS) is 23.2. The van der Waals surface area contributed by atoms with Gasteiger partial charge in [-0.3, -0.25) is 9.59 Å². The van der Waals surface area contributed by atoms with Gasteiger partial charge in [-0.15, -0.1) is 0 Å².